The van der Waals surface area contributed by atoms with E-state index in [1.807, 2.05) is 0 Å². The molecule has 0 fully saturated rings. The summed E-state index contributed by atoms with van der Waals surface area (Å²) in [5, 5.41) is 0. The second-order valence-electron chi connectivity index (χ2n) is 2.33. The lowest BCUT2D eigenvalue weighted by molar-refractivity contribution is -0.0966. The molecule has 3 nitrogen and oxygen atoms in total. The molecule has 1 aromatic carbocycles. The highest BCUT2D eigenvalue weighted by atomic mass is 35.5. The molecular weight excluding hydrogens is 216 g/mol. The molecule has 0 bridgehead atoms. The number of ether oxygens (including phenoxy) is 1. The summed E-state index contributed by atoms with van der Waals surface area (Å²) in [7, 11) is 0. The number of hydrogen-bond donors (Lipinski definition) is 1. The van der Waals surface area contributed by atoms with E-state index in [2.05, 4.69) is 22.4 Å². The van der Waals surface area contributed by atoms with Gasteiger partial charge in [-0.15, -0.1) is 8.78 Å². The van der Waals surface area contributed by atoms with E-state index in [0.29, 0.717) is 0 Å². The summed E-state index contributed by atoms with van der Waals surface area (Å²) in [4.78, 5) is 10.7. The van der Waals surface area contributed by atoms with E-state index in [9.17, 15) is 13.6 Å². The minimum absolute atomic E-state index is 0.177. The predicted molar refractivity (Wildman–Crippen MR) is 45.2 cm³/mol. The largest absolute Gasteiger partial charge is 0.487 e. The number of primary amides is 1. The Balaban J connectivity index is 3.02. The highest BCUT2D eigenvalue weighted by molar-refractivity contribution is 6.20. The van der Waals surface area contributed by atoms with Crippen LogP contribution in [0.3, 0.4) is 0 Å². The molecule has 0 unspecified atom stereocenters. The van der Waals surface area contributed by atoms with Gasteiger partial charge in [-0.3, -0.25) is 4.79 Å². The molecule has 6 heteroatoms. The molecule has 1 amide bonds. The molecule has 75 valence electrons. The summed E-state index contributed by atoms with van der Waals surface area (Å²) in [6, 6.07) is 6.06. The number of carbonyl (C=O) groups is 1. The Hall–Kier alpha value is -1.36. The van der Waals surface area contributed by atoms with E-state index in [-0.39, 0.29) is 5.56 Å². The Morgan fingerprint density at radius 3 is 2.79 bits per heavy atom. The molecule has 1 rings (SSSR count). The van der Waals surface area contributed by atoms with Crippen molar-refractivity contribution in [2.24, 2.45) is 5.73 Å². The lowest BCUT2D eigenvalue weighted by atomic mass is 10.2. The fourth-order valence-corrected chi connectivity index (χ4v) is 0.911. The molecule has 0 heterocycles. The Morgan fingerprint density at radius 2 is 2.29 bits per heavy atom. The zero-order valence-corrected chi connectivity index (χ0v) is 7.52. The van der Waals surface area contributed by atoms with Crippen LogP contribution in [0.1, 0.15) is 10.4 Å². The summed E-state index contributed by atoms with van der Waals surface area (Å²) in [5.74, 6) is -1.28. The number of benzene rings is 1. The lowest BCUT2D eigenvalue weighted by Gasteiger charge is -2.12. The van der Waals surface area contributed by atoms with Gasteiger partial charge < -0.3 is 10.5 Å². The fraction of sp³-hybridized carbons (Fsp3) is 0.125. The van der Waals surface area contributed by atoms with Crippen molar-refractivity contribution in [3.63, 3.8) is 0 Å². The first-order valence-electron chi connectivity index (χ1n) is 3.46. The fourth-order valence-electron chi connectivity index (χ4n) is 0.828. The van der Waals surface area contributed by atoms with Crippen LogP contribution >= 0.6 is 11.6 Å². The van der Waals surface area contributed by atoms with E-state index >= 15 is 0 Å². The Labute approximate surface area is 83.4 Å². The number of rotatable bonds is 3. The third-order valence-corrected chi connectivity index (χ3v) is 1.39. The molecule has 0 aliphatic heterocycles. The van der Waals surface area contributed by atoms with Crippen LogP contribution in [0.15, 0.2) is 18.2 Å². The third kappa shape index (κ3) is 2.85. The lowest BCUT2D eigenvalue weighted by Crippen LogP contribution is -2.19. The summed E-state index contributed by atoms with van der Waals surface area (Å²) < 4.78 is 28.5. The van der Waals surface area contributed by atoms with Crippen LogP contribution in [-0.2, 0) is 0 Å². The van der Waals surface area contributed by atoms with Crippen LogP contribution in [-0.4, -0.2) is 11.5 Å². The van der Waals surface area contributed by atoms with Gasteiger partial charge in [0.05, 0.1) is 5.56 Å². The van der Waals surface area contributed by atoms with Crippen molar-refractivity contribution >= 4 is 17.5 Å². The standard InChI is InChI=1S/C8H5ClF2NO2/c9-8(10,11)14-6-4-2-1-3-5(6)7(12)13/h1,3-4H,(H2,12,13). The van der Waals surface area contributed by atoms with Crippen molar-refractivity contribution in [1.29, 1.82) is 0 Å². The normalized spacial score (nSPS) is 11.1. The molecule has 14 heavy (non-hydrogen) atoms. The topological polar surface area (TPSA) is 52.3 Å². The van der Waals surface area contributed by atoms with Crippen LogP contribution in [0.2, 0.25) is 0 Å². The molecule has 0 aromatic heterocycles. The van der Waals surface area contributed by atoms with Gasteiger partial charge in [0.2, 0.25) is 0 Å². The van der Waals surface area contributed by atoms with Gasteiger partial charge in [-0.2, -0.15) is 0 Å². The molecule has 1 aromatic rings. The molecule has 0 saturated carbocycles. The minimum atomic E-state index is -3.88. The average molecular weight is 221 g/mol. The third-order valence-electron chi connectivity index (χ3n) is 1.32. The molecule has 0 aliphatic rings. The van der Waals surface area contributed by atoms with Crippen molar-refractivity contribution < 1.29 is 18.3 Å². The number of amides is 1. The van der Waals surface area contributed by atoms with Gasteiger partial charge in [-0.05, 0) is 18.2 Å². The van der Waals surface area contributed by atoms with Crippen LogP contribution in [0.25, 0.3) is 0 Å². The van der Waals surface area contributed by atoms with Crippen molar-refractivity contribution in [1.82, 2.24) is 0 Å². The first kappa shape index (κ1) is 10.7. The van der Waals surface area contributed by atoms with Crippen molar-refractivity contribution in [3.8, 4) is 5.75 Å². The molecular formula is C8H5ClF2NO2. The van der Waals surface area contributed by atoms with E-state index < -0.39 is 17.2 Å². The van der Waals surface area contributed by atoms with E-state index in [1.165, 1.54) is 12.1 Å². The van der Waals surface area contributed by atoms with Gasteiger partial charge in [0.25, 0.3) is 5.91 Å². The summed E-state index contributed by atoms with van der Waals surface area (Å²) in [6.45, 7) is 0. The molecule has 0 saturated heterocycles. The van der Waals surface area contributed by atoms with Gasteiger partial charge in [-0.25, -0.2) is 0 Å². The monoisotopic (exact) mass is 220 g/mol. The van der Waals surface area contributed by atoms with Gasteiger partial charge in [0.1, 0.15) is 5.75 Å². The molecule has 0 spiro atoms. The Kier molecular flexibility index (Phi) is 2.90. The zero-order chi connectivity index (χ0) is 10.8. The first-order chi connectivity index (χ1) is 6.40. The van der Waals surface area contributed by atoms with Gasteiger partial charge >= 0.3 is 5.57 Å². The van der Waals surface area contributed by atoms with Gasteiger partial charge in [0, 0.05) is 11.6 Å². The quantitative estimate of drug-likeness (QED) is 0.789. The van der Waals surface area contributed by atoms with Crippen molar-refractivity contribution in [3.05, 3.63) is 29.8 Å². The number of nitrogens with two attached hydrogens (primary N) is 1. The maximum atomic E-state index is 12.2. The second-order valence-corrected chi connectivity index (χ2v) is 2.77. The molecule has 0 aliphatic carbocycles. The molecule has 1 radical (unpaired) electrons. The van der Waals surface area contributed by atoms with Crippen LogP contribution in [0, 0.1) is 6.07 Å². The number of halogens is 3. The maximum Gasteiger partial charge on any atom is 0.487 e. The van der Waals surface area contributed by atoms with Crippen LogP contribution < -0.4 is 10.5 Å². The van der Waals surface area contributed by atoms with Crippen LogP contribution in [0.5, 0.6) is 5.75 Å². The minimum Gasteiger partial charge on any atom is -0.419 e. The summed E-state index contributed by atoms with van der Waals surface area (Å²) in [6.07, 6.45) is 0. The number of hydrogen-bond acceptors (Lipinski definition) is 2. The van der Waals surface area contributed by atoms with E-state index in [4.69, 9.17) is 5.73 Å². The highest BCUT2D eigenvalue weighted by Gasteiger charge is 2.29. The predicted octanol–water partition coefficient (Wildman–Crippen LogP) is 1.75. The Bertz CT molecular complexity index is 351. The summed E-state index contributed by atoms with van der Waals surface area (Å²) in [5.41, 5.74) is 0.860. The zero-order valence-electron chi connectivity index (χ0n) is 6.76. The molecule has 2 N–H and O–H groups in total. The Morgan fingerprint density at radius 1 is 1.64 bits per heavy atom. The molecule has 0 atom stereocenters. The van der Waals surface area contributed by atoms with E-state index in [0.717, 1.165) is 6.07 Å². The van der Waals surface area contributed by atoms with E-state index in [1.54, 1.807) is 0 Å². The van der Waals surface area contributed by atoms with Gasteiger partial charge in [0.15, 0.2) is 0 Å². The smallest absolute Gasteiger partial charge is 0.419 e. The first-order valence-corrected chi connectivity index (χ1v) is 3.83. The van der Waals surface area contributed by atoms with Gasteiger partial charge in [-0.1, -0.05) is 6.07 Å². The maximum absolute atomic E-state index is 12.2. The van der Waals surface area contributed by atoms with Crippen LogP contribution in [0.4, 0.5) is 8.78 Å². The average Bonchev–Trinajstić information content (AvgIpc) is 2.01. The number of carbonyl (C=O) groups excluding carboxylic acids is 1. The SMILES string of the molecule is NC(=O)c1cc[c]cc1OC(F)(F)Cl. The summed E-state index contributed by atoms with van der Waals surface area (Å²) >= 11 is 4.52. The second kappa shape index (κ2) is 3.79. The van der Waals surface area contributed by atoms with Crippen molar-refractivity contribution in [2.75, 3.05) is 0 Å². The number of alkyl halides is 3. The van der Waals surface area contributed by atoms with Crippen molar-refractivity contribution in [2.45, 2.75) is 5.57 Å². The highest BCUT2D eigenvalue weighted by Crippen LogP contribution is 2.27.